The largest absolute Gasteiger partial charge is 0.424 e. The number of aromatic nitrogens is 5. The van der Waals surface area contributed by atoms with E-state index in [1.807, 2.05) is 25.1 Å². The molecule has 2 heterocycles. The van der Waals surface area contributed by atoms with Crippen molar-refractivity contribution in [2.45, 2.75) is 6.92 Å². The molecule has 0 N–H and O–H groups in total. The Morgan fingerprint density at radius 3 is 2.81 bits per heavy atom. The van der Waals surface area contributed by atoms with Crippen LogP contribution in [0.1, 0.15) is 5.56 Å². The van der Waals surface area contributed by atoms with Crippen molar-refractivity contribution in [1.29, 1.82) is 0 Å². The average Bonchev–Trinajstić information content (AvgIpc) is 2.96. The highest BCUT2D eigenvalue weighted by molar-refractivity contribution is 9.10. The Labute approximate surface area is 133 Å². The fourth-order valence-corrected chi connectivity index (χ4v) is 2.04. The fourth-order valence-electron chi connectivity index (χ4n) is 1.64. The van der Waals surface area contributed by atoms with Gasteiger partial charge >= 0.3 is 6.01 Å². The van der Waals surface area contributed by atoms with Crippen molar-refractivity contribution in [2.24, 2.45) is 0 Å². The molecule has 0 saturated carbocycles. The van der Waals surface area contributed by atoms with Gasteiger partial charge in [-0.3, -0.25) is 0 Å². The van der Waals surface area contributed by atoms with Crippen LogP contribution >= 0.6 is 27.5 Å². The van der Waals surface area contributed by atoms with E-state index < -0.39 is 0 Å². The third-order valence-corrected chi connectivity index (χ3v) is 3.68. The molecule has 0 unspecified atom stereocenters. The SMILES string of the molecule is Cc1cc(Oc2nc(Cl)nc(-n3cccn3)n2)ccc1Br. The Kier molecular flexibility index (Phi) is 3.85. The second kappa shape index (κ2) is 5.79. The molecule has 3 rings (SSSR count). The van der Waals surface area contributed by atoms with E-state index in [0.717, 1.165) is 10.0 Å². The average molecular weight is 367 g/mol. The molecule has 3 aromatic rings. The summed E-state index contributed by atoms with van der Waals surface area (Å²) in [4.78, 5) is 12.1. The lowest BCUT2D eigenvalue weighted by Gasteiger charge is -2.07. The third-order valence-electron chi connectivity index (χ3n) is 2.62. The van der Waals surface area contributed by atoms with Gasteiger partial charge in [-0.05, 0) is 48.4 Å². The van der Waals surface area contributed by atoms with E-state index in [9.17, 15) is 0 Å². The number of halogens is 2. The van der Waals surface area contributed by atoms with Crippen LogP contribution in [0.4, 0.5) is 0 Å². The summed E-state index contributed by atoms with van der Waals surface area (Å²) in [5.41, 5.74) is 1.04. The molecule has 0 atom stereocenters. The Morgan fingerprint density at radius 1 is 1.24 bits per heavy atom. The minimum Gasteiger partial charge on any atom is -0.424 e. The van der Waals surface area contributed by atoms with E-state index >= 15 is 0 Å². The first-order chi connectivity index (χ1) is 10.1. The highest BCUT2D eigenvalue weighted by Crippen LogP contribution is 2.25. The number of nitrogens with zero attached hydrogens (tertiary/aromatic N) is 5. The van der Waals surface area contributed by atoms with Crippen LogP contribution in [0.3, 0.4) is 0 Å². The first-order valence-electron chi connectivity index (χ1n) is 5.97. The zero-order valence-corrected chi connectivity index (χ0v) is 13.2. The van der Waals surface area contributed by atoms with E-state index in [4.69, 9.17) is 16.3 Å². The first kappa shape index (κ1) is 14.0. The van der Waals surface area contributed by atoms with Crippen LogP contribution < -0.4 is 4.74 Å². The molecule has 0 saturated heterocycles. The van der Waals surface area contributed by atoms with E-state index in [1.165, 1.54) is 4.68 Å². The normalized spacial score (nSPS) is 10.6. The topological polar surface area (TPSA) is 65.7 Å². The van der Waals surface area contributed by atoms with E-state index in [-0.39, 0.29) is 11.3 Å². The van der Waals surface area contributed by atoms with Crippen molar-refractivity contribution in [1.82, 2.24) is 24.7 Å². The van der Waals surface area contributed by atoms with Gasteiger partial charge in [0.25, 0.3) is 5.95 Å². The minimum atomic E-state index is 0.0410. The molecule has 6 nitrogen and oxygen atoms in total. The van der Waals surface area contributed by atoms with E-state index in [1.54, 1.807) is 18.5 Å². The highest BCUT2D eigenvalue weighted by atomic mass is 79.9. The quantitative estimate of drug-likeness (QED) is 0.709. The van der Waals surface area contributed by atoms with Crippen LogP contribution in [-0.2, 0) is 0 Å². The minimum absolute atomic E-state index is 0.0410. The van der Waals surface area contributed by atoms with Crippen LogP contribution in [-0.4, -0.2) is 24.7 Å². The number of rotatable bonds is 3. The van der Waals surface area contributed by atoms with E-state index in [2.05, 4.69) is 36.0 Å². The van der Waals surface area contributed by atoms with Crippen LogP contribution in [0.15, 0.2) is 41.1 Å². The zero-order valence-electron chi connectivity index (χ0n) is 10.9. The molecule has 0 amide bonds. The Balaban J connectivity index is 1.93. The molecule has 1 aromatic carbocycles. The lowest BCUT2D eigenvalue weighted by atomic mass is 10.2. The van der Waals surface area contributed by atoms with Crippen molar-refractivity contribution in [3.8, 4) is 17.7 Å². The maximum Gasteiger partial charge on any atom is 0.328 e. The van der Waals surface area contributed by atoms with Crippen LogP contribution in [0, 0.1) is 6.92 Å². The Bertz CT molecular complexity index is 778. The van der Waals surface area contributed by atoms with Gasteiger partial charge in [0.1, 0.15) is 5.75 Å². The number of ether oxygens (including phenoxy) is 1. The van der Waals surface area contributed by atoms with Gasteiger partial charge in [0.15, 0.2) is 0 Å². The maximum absolute atomic E-state index is 5.90. The molecule has 0 aliphatic rings. The number of hydrogen-bond acceptors (Lipinski definition) is 5. The molecule has 0 fully saturated rings. The van der Waals surface area contributed by atoms with Gasteiger partial charge in [0, 0.05) is 16.9 Å². The summed E-state index contributed by atoms with van der Waals surface area (Å²) in [5.74, 6) is 0.910. The van der Waals surface area contributed by atoms with Gasteiger partial charge in [0.05, 0.1) is 0 Å². The van der Waals surface area contributed by atoms with Gasteiger partial charge in [-0.15, -0.1) is 0 Å². The molecule has 0 bridgehead atoms. The fraction of sp³-hybridized carbons (Fsp3) is 0.0769. The van der Waals surface area contributed by atoms with Gasteiger partial charge in [-0.1, -0.05) is 15.9 Å². The second-order valence-corrected chi connectivity index (χ2v) is 5.34. The van der Waals surface area contributed by atoms with Gasteiger partial charge < -0.3 is 4.74 Å². The van der Waals surface area contributed by atoms with E-state index in [0.29, 0.717) is 11.7 Å². The van der Waals surface area contributed by atoms with Crippen LogP contribution in [0.5, 0.6) is 11.8 Å². The molecule has 0 aliphatic heterocycles. The molecule has 106 valence electrons. The lowest BCUT2D eigenvalue weighted by molar-refractivity contribution is 0.437. The van der Waals surface area contributed by atoms with Crippen molar-refractivity contribution >= 4 is 27.5 Å². The summed E-state index contributed by atoms with van der Waals surface area (Å²) < 4.78 is 8.11. The van der Waals surface area contributed by atoms with Crippen molar-refractivity contribution in [3.63, 3.8) is 0 Å². The summed E-state index contributed by atoms with van der Waals surface area (Å²) in [6, 6.07) is 7.44. The number of aryl methyl sites for hydroxylation is 1. The van der Waals surface area contributed by atoms with Crippen LogP contribution in [0.25, 0.3) is 5.95 Å². The second-order valence-electron chi connectivity index (χ2n) is 4.15. The summed E-state index contributed by atoms with van der Waals surface area (Å²) in [7, 11) is 0. The summed E-state index contributed by atoms with van der Waals surface area (Å²) >= 11 is 9.33. The Hall–Kier alpha value is -1.99. The molecular weight excluding hydrogens is 358 g/mol. The molecule has 8 heteroatoms. The molecule has 21 heavy (non-hydrogen) atoms. The van der Waals surface area contributed by atoms with Gasteiger partial charge in [-0.25, -0.2) is 4.68 Å². The van der Waals surface area contributed by atoms with Gasteiger partial charge in [0.2, 0.25) is 5.28 Å². The zero-order chi connectivity index (χ0) is 14.8. The van der Waals surface area contributed by atoms with Crippen LogP contribution in [0.2, 0.25) is 5.28 Å². The summed E-state index contributed by atoms with van der Waals surface area (Å²) in [5, 5.41) is 4.09. The summed E-state index contributed by atoms with van der Waals surface area (Å²) in [6.45, 7) is 1.96. The van der Waals surface area contributed by atoms with Gasteiger partial charge in [-0.2, -0.15) is 20.1 Å². The predicted octanol–water partition coefficient (Wildman–Crippen LogP) is 3.57. The summed E-state index contributed by atoms with van der Waals surface area (Å²) in [6.07, 6.45) is 3.33. The standard InChI is InChI=1S/C13H9BrClN5O/c1-8-7-9(3-4-10(8)14)21-13-18-11(15)17-12(19-13)20-6-2-5-16-20/h2-7H,1H3. The van der Waals surface area contributed by atoms with Crippen molar-refractivity contribution < 1.29 is 4.74 Å². The smallest absolute Gasteiger partial charge is 0.328 e. The first-order valence-corrected chi connectivity index (χ1v) is 7.14. The molecule has 2 aromatic heterocycles. The molecule has 0 aliphatic carbocycles. The third kappa shape index (κ3) is 3.20. The Morgan fingerprint density at radius 2 is 2.10 bits per heavy atom. The molecular formula is C13H9BrClN5O. The molecule has 0 radical (unpaired) electrons. The number of benzene rings is 1. The molecule has 0 spiro atoms. The lowest BCUT2D eigenvalue weighted by Crippen LogP contribution is -2.05. The monoisotopic (exact) mass is 365 g/mol. The highest BCUT2D eigenvalue weighted by Gasteiger charge is 2.09. The van der Waals surface area contributed by atoms with Crippen molar-refractivity contribution in [3.05, 3.63) is 52.0 Å². The maximum atomic E-state index is 5.90. The number of hydrogen-bond donors (Lipinski definition) is 0. The van der Waals surface area contributed by atoms with Crippen molar-refractivity contribution in [2.75, 3.05) is 0 Å². The predicted molar refractivity (Wildman–Crippen MR) is 80.9 cm³/mol.